The van der Waals surface area contributed by atoms with Gasteiger partial charge in [-0.25, -0.2) is 0 Å². The van der Waals surface area contributed by atoms with E-state index in [-0.39, 0.29) is 6.04 Å². The minimum Gasteiger partial charge on any atom is -0.324 e. The van der Waals surface area contributed by atoms with E-state index in [9.17, 15) is 0 Å². The summed E-state index contributed by atoms with van der Waals surface area (Å²) in [6.07, 6.45) is 6.45. The lowest BCUT2D eigenvalue weighted by Crippen LogP contribution is -2.29. The van der Waals surface area contributed by atoms with Crippen LogP contribution >= 0.6 is 0 Å². The zero-order chi connectivity index (χ0) is 11.7. The number of hydrogen-bond acceptors (Lipinski definition) is 2. The lowest BCUT2D eigenvalue weighted by atomic mass is 10.0. The SMILES string of the molecule is N[C@@H]1CCc2cc(CN3CCCCC3)ccc21. The Morgan fingerprint density at radius 2 is 2.00 bits per heavy atom. The van der Waals surface area contributed by atoms with Gasteiger partial charge in [-0.05, 0) is 55.5 Å². The summed E-state index contributed by atoms with van der Waals surface area (Å²) in [7, 11) is 0. The third-order valence-electron chi connectivity index (χ3n) is 4.19. The molecule has 2 N–H and O–H groups in total. The van der Waals surface area contributed by atoms with Gasteiger partial charge in [-0.1, -0.05) is 24.6 Å². The predicted molar refractivity (Wildman–Crippen MR) is 70.8 cm³/mol. The third-order valence-corrected chi connectivity index (χ3v) is 4.19. The van der Waals surface area contributed by atoms with Crippen LogP contribution in [-0.2, 0) is 13.0 Å². The van der Waals surface area contributed by atoms with Crippen molar-refractivity contribution in [2.24, 2.45) is 5.73 Å². The van der Waals surface area contributed by atoms with Crippen molar-refractivity contribution in [1.29, 1.82) is 0 Å². The highest BCUT2D eigenvalue weighted by Gasteiger charge is 2.19. The first-order valence-corrected chi connectivity index (χ1v) is 6.92. The zero-order valence-electron chi connectivity index (χ0n) is 10.5. The van der Waals surface area contributed by atoms with Crippen molar-refractivity contribution in [2.45, 2.75) is 44.7 Å². The molecule has 1 atom stereocenters. The molecule has 0 spiro atoms. The number of piperidine rings is 1. The topological polar surface area (TPSA) is 29.3 Å². The van der Waals surface area contributed by atoms with Crippen LogP contribution < -0.4 is 5.73 Å². The Morgan fingerprint density at radius 3 is 2.82 bits per heavy atom. The molecular weight excluding hydrogens is 208 g/mol. The molecule has 1 aromatic carbocycles. The fraction of sp³-hybridized carbons (Fsp3) is 0.600. The average molecular weight is 230 g/mol. The molecule has 1 heterocycles. The van der Waals surface area contributed by atoms with Gasteiger partial charge in [0.1, 0.15) is 0 Å². The van der Waals surface area contributed by atoms with E-state index in [0.717, 1.165) is 13.0 Å². The number of aryl methyl sites for hydroxylation is 1. The zero-order valence-corrected chi connectivity index (χ0v) is 10.5. The maximum absolute atomic E-state index is 6.07. The molecule has 1 aliphatic heterocycles. The number of likely N-dealkylation sites (tertiary alicyclic amines) is 1. The van der Waals surface area contributed by atoms with Crippen molar-refractivity contribution >= 4 is 0 Å². The third kappa shape index (κ3) is 2.38. The minimum atomic E-state index is 0.286. The van der Waals surface area contributed by atoms with Crippen LogP contribution in [0.4, 0.5) is 0 Å². The molecule has 0 amide bonds. The Labute approximate surface area is 104 Å². The summed E-state index contributed by atoms with van der Waals surface area (Å²) in [5.41, 5.74) is 10.4. The number of rotatable bonds is 2. The van der Waals surface area contributed by atoms with Crippen molar-refractivity contribution in [3.63, 3.8) is 0 Å². The highest BCUT2D eigenvalue weighted by molar-refractivity contribution is 5.37. The van der Waals surface area contributed by atoms with Gasteiger partial charge in [-0.2, -0.15) is 0 Å². The van der Waals surface area contributed by atoms with Gasteiger partial charge in [0.05, 0.1) is 0 Å². The molecule has 0 bridgehead atoms. The fourth-order valence-corrected chi connectivity index (χ4v) is 3.18. The molecule has 2 nitrogen and oxygen atoms in total. The molecule has 1 fully saturated rings. The van der Waals surface area contributed by atoms with Gasteiger partial charge >= 0.3 is 0 Å². The van der Waals surface area contributed by atoms with E-state index >= 15 is 0 Å². The largest absolute Gasteiger partial charge is 0.324 e. The number of hydrogen-bond donors (Lipinski definition) is 1. The van der Waals surface area contributed by atoms with E-state index in [1.165, 1.54) is 55.5 Å². The number of nitrogens with zero attached hydrogens (tertiary/aromatic N) is 1. The molecule has 3 rings (SSSR count). The second kappa shape index (κ2) is 4.79. The molecule has 2 heteroatoms. The molecule has 0 radical (unpaired) electrons. The molecule has 0 aromatic heterocycles. The van der Waals surface area contributed by atoms with Gasteiger partial charge in [0, 0.05) is 12.6 Å². The van der Waals surface area contributed by atoms with Gasteiger partial charge in [0.25, 0.3) is 0 Å². The maximum atomic E-state index is 6.07. The highest BCUT2D eigenvalue weighted by Crippen LogP contribution is 2.30. The summed E-state index contributed by atoms with van der Waals surface area (Å²) in [4.78, 5) is 2.58. The second-order valence-corrected chi connectivity index (χ2v) is 5.52. The van der Waals surface area contributed by atoms with Crippen molar-refractivity contribution in [3.05, 3.63) is 34.9 Å². The normalized spacial score (nSPS) is 24.9. The van der Waals surface area contributed by atoms with Crippen LogP contribution in [-0.4, -0.2) is 18.0 Å². The lowest BCUT2D eigenvalue weighted by Gasteiger charge is -2.26. The van der Waals surface area contributed by atoms with E-state index in [0.29, 0.717) is 0 Å². The van der Waals surface area contributed by atoms with Crippen LogP contribution in [0.2, 0.25) is 0 Å². The standard InChI is InChI=1S/C15H22N2/c16-15-7-5-13-10-12(4-6-14(13)15)11-17-8-2-1-3-9-17/h4,6,10,15H,1-3,5,7-9,11,16H2/t15-/m1/s1. The maximum Gasteiger partial charge on any atom is 0.0300 e. The predicted octanol–water partition coefficient (Wildman–Crippen LogP) is 2.62. The summed E-state index contributed by atoms with van der Waals surface area (Å²) in [5.74, 6) is 0. The number of benzene rings is 1. The Bertz CT molecular complexity index is 394. The first-order chi connectivity index (χ1) is 8.33. The first-order valence-electron chi connectivity index (χ1n) is 6.92. The van der Waals surface area contributed by atoms with Crippen molar-refractivity contribution in [3.8, 4) is 0 Å². The van der Waals surface area contributed by atoms with Crippen LogP contribution in [0, 0.1) is 0 Å². The minimum absolute atomic E-state index is 0.286. The molecule has 2 aliphatic rings. The lowest BCUT2D eigenvalue weighted by molar-refractivity contribution is 0.221. The first kappa shape index (κ1) is 11.2. The van der Waals surface area contributed by atoms with Crippen molar-refractivity contribution in [2.75, 3.05) is 13.1 Å². The Morgan fingerprint density at radius 1 is 1.18 bits per heavy atom. The van der Waals surface area contributed by atoms with Gasteiger partial charge in [0.15, 0.2) is 0 Å². The quantitative estimate of drug-likeness (QED) is 0.846. The van der Waals surface area contributed by atoms with E-state index in [4.69, 9.17) is 5.73 Å². The van der Waals surface area contributed by atoms with Crippen molar-refractivity contribution < 1.29 is 0 Å². The summed E-state index contributed by atoms with van der Waals surface area (Å²) in [6.45, 7) is 3.68. The average Bonchev–Trinajstić information content (AvgIpc) is 2.72. The summed E-state index contributed by atoms with van der Waals surface area (Å²) in [6, 6.07) is 7.20. The number of nitrogens with two attached hydrogens (primary N) is 1. The molecule has 17 heavy (non-hydrogen) atoms. The number of fused-ring (bicyclic) bond motifs is 1. The smallest absolute Gasteiger partial charge is 0.0300 e. The highest BCUT2D eigenvalue weighted by atomic mass is 15.1. The molecule has 1 saturated heterocycles. The van der Waals surface area contributed by atoms with Gasteiger partial charge in [-0.3, -0.25) is 4.90 Å². The van der Waals surface area contributed by atoms with E-state index in [2.05, 4.69) is 23.1 Å². The summed E-state index contributed by atoms with van der Waals surface area (Å²) < 4.78 is 0. The summed E-state index contributed by atoms with van der Waals surface area (Å²) in [5, 5.41) is 0. The molecule has 1 aliphatic carbocycles. The van der Waals surface area contributed by atoms with Crippen molar-refractivity contribution in [1.82, 2.24) is 4.90 Å². The molecule has 0 saturated carbocycles. The molecule has 0 unspecified atom stereocenters. The van der Waals surface area contributed by atoms with Crippen LogP contribution in [0.25, 0.3) is 0 Å². The van der Waals surface area contributed by atoms with Gasteiger partial charge in [0.2, 0.25) is 0 Å². The Kier molecular flexibility index (Phi) is 3.17. The van der Waals surface area contributed by atoms with Gasteiger partial charge in [-0.15, -0.1) is 0 Å². The van der Waals surface area contributed by atoms with E-state index in [1.54, 1.807) is 0 Å². The summed E-state index contributed by atoms with van der Waals surface area (Å²) >= 11 is 0. The van der Waals surface area contributed by atoms with Crippen LogP contribution in [0.15, 0.2) is 18.2 Å². The second-order valence-electron chi connectivity index (χ2n) is 5.52. The molecular formula is C15H22N2. The van der Waals surface area contributed by atoms with Crippen LogP contribution in [0.3, 0.4) is 0 Å². The molecule has 92 valence electrons. The van der Waals surface area contributed by atoms with Crippen LogP contribution in [0.5, 0.6) is 0 Å². The van der Waals surface area contributed by atoms with Crippen LogP contribution in [0.1, 0.15) is 48.4 Å². The Balaban J connectivity index is 1.71. The fourth-order valence-electron chi connectivity index (χ4n) is 3.18. The van der Waals surface area contributed by atoms with Gasteiger partial charge < -0.3 is 5.73 Å². The van der Waals surface area contributed by atoms with E-state index < -0.39 is 0 Å². The monoisotopic (exact) mass is 230 g/mol. The van der Waals surface area contributed by atoms with E-state index in [1.807, 2.05) is 0 Å². The molecule has 1 aromatic rings. The Hall–Kier alpha value is -0.860.